The predicted molar refractivity (Wildman–Crippen MR) is 217 cm³/mol. The smallest absolute Gasteiger partial charge is 0.161 e. The van der Waals surface area contributed by atoms with Gasteiger partial charge in [0, 0.05) is 60.5 Å². The third-order valence-electron chi connectivity index (χ3n) is 9.92. The van der Waals surface area contributed by atoms with Gasteiger partial charge in [-0.2, -0.15) is 5.10 Å². The van der Waals surface area contributed by atoms with Gasteiger partial charge in [-0.25, -0.2) is 0 Å². The van der Waals surface area contributed by atoms with Crippen molar-refractivity contribution in [2.75, 3.05) is 81.0 Å². The zero-order valence-electron chi connectivity index (χ0n) is 32.3. The first-order valence-corrected chi connectivity index (χ1v) is 18.8. The molecular formula is C43H53ClN4O6. The van der Waals surface area contributed by atoms with Crippen molar-refractivity contribution in [3.63, 3.8) is 0 Å². The number of aliphatic hydroxyl groups is 1. The Balaban J connectivity index is 0.000000208. The van der Waals surface area contributed by atoms with Crippen molar-refractivity contribution in [1.29, 1.82) is 0 Å². The Hall–Kier alpha value is -4.45. The van der Waals surface area contributed by atoms with Crippen molar-refractivity contribution >= 4 is 23.0 Å². The van der Waals surface area contributed by atoms with Crippen LogP contribution in [0.25, 0.3) is 0 Å². The average molecular weight is 757 g/mol. The number of fused-ring (bicyclic) bond motifs is 1. The van der Waals surface area contributed by atoms with Crippen LogP contribution in [-0.2, 0) is 4.74 Å². The number of benzene rings is 4. The molecule has 54 heavy (non-hydrogen) atoms. The highest BCUT2D eigenvalue weighted by Crippen LogP contribution is 2.39. The minimum absolute atomic E-state index is 0.0909. The van der Waals surface area contributed by atoms with Crippen LogP contribution in [-0.4, -0.2) is 107 Å². The molecule has 0 radical (unpaired) electrons. The number of aliphatic hydroxyl groups excluding tert-OH is 1. The summed E-state index contributed by atoms with van der Waals surface area (Å²) >= 11 is 6.09. The lowest BCUT2D eigenvalue weighted by Gasteiger charge is -2.39. The van der Waals surface area contributed by atoms with Crippen LogP contribution in [0.3, 0.4) is 0 Å². The van der Waals surface area contributed by atoms with Crippen LogP contribution >= 0.6 is 11.6 Å². The van der Waals surface area contributed by atoms with Crippen LogP contribution in [0, 0.1) is 0 Å². The van der Waals surface area contributed by atoms with E-state index >= 15 is 0 Å². The molecule has 1 saturated heterocycles. The van der Waals surface area contributed by atoms with Crippen LogP contribution in [0.5, 0.6) is 23.0 Å². The van der Waals surface area contributed by atoms with E-state index in [0.29, 0.717) is 36.2 Å². The maximum absolute atomic E-state index is 8.78. The van der Waals surface area contributed by atoms with E-state index in [1.54, 1.807) is 28.4 Å². The maximum Gasteiger partial charge on any atom is 0.161 e. The van der Waals surface area contributed by atoms with E-state index in [1.807, 2.05) is 49.4 Å². The van der Waals surface area contributed by atoms with Crippen molar-refractivity contribution in [3.05, 3.63) is 118 Å². The van der Waals surface area contributed by atoms with Gasteiger partial charge < -0.3 is 28.8 Å². The highest BCUT2D eigenvalue weighted by molar-refractivity contribution is 6.30. The topological polar surface area (TPSA) is 97.6 Å². The fourth-order valence-electron chi connectivity index (χ4n) is 7.08. The third kappa shape index (κ3) is 9.99. The number of methoxy groups -OCH3 is 4. The molecule has 2 unspecified atom stereocenters. The number of hydrogen-bond donors (Lipinski definition) is 1. The molecule has 0 aromatic heterocycles. The zero-order valence-corrected chi connectivity index (χ0v) is 33.0. The molecule has 1 fully saturated rings. The number of hydrogen-bond acceptors (Lipinski definition) is 10. The summed E-state index contributed by atoms with van der Waals surface area (Å²) in [5.74, 6) is 2.81. The predicted octanol–water partition coefficient (Wildman–Crippen LogP) is 7.50. The molecule has 10 nitrogen and oxygen atoms in total. The Morgan fingerprint density at radius 3 is 2.00 bits per heavy atom. The Morgan fingerprint density at radius 2 is 1.37 bits per heavy atom. The van der Waals surface area contributed by atoms with Crippen molar-refractivity contribution in [1.82, 2.24) is 9.80 Å². The minimum atomic E-state index is 0.0909. The molecule has 288 valence electrons. The molecule has 0 aliphatic carbocycles. The van der Waals surface area contributed by atoms with Gasteiger partial charge in [0.15, 0.2) is 23.0 Å². The van der Waals surface area contributed by atoms with E-state index in [4.69, 9.17) is 40.4 Å². The first-order chi connectivity index (χ1) is 26.3. The van der Waals surface area contributed by atoms with E-state index in [9.17, 15) is 0 Å². The second-order valence-electron chi connectivity index (χ2n) is 13.1. The number of nitrogens with zero attached hydrogens (tertiary/aromatic N) is 4. The SMILES string of the molecule is CCC1C(C)=NN=C(c2ccc(OC)c(OC)c2)c2cc(OC)c(OC)cc21.OCCOCCN1CCN(C(c2ccccc2)c2ccc(Cl)cc2)CC1. The molecule has 4 aromatic rings. The summed E-state index contributed by atoms with van der Waals surface area (Å²) in [6.45, 7) is 10.4. The Kier molecular flexibility index (Phi) is 15.3. The molecule has 6 rings (SSSR count). The molecular weight excluding hydrogens is 704 g/mol. The van der Waals surface area contributed by atoms with E-state index in [2.05, 4.69) is 69.4 Å². The number of piperazine rings is 1. The lowest BCUT2D eigenvalue weighted by molar-refractivity contribution is 0.0522. The lowest BCUT2D eigenvalue weighted by atomic mass is 9.85. The van der Waals surface area contributed by atoms with Crippen LogP contribution in [0.4, 0.5) is 0 Å². The largest absolute Gasteiger partial charge is 0.493 e. The van der Waals surface area contributed by atoms with Gasteiger partial charge in [-0.05, 0) is 72.5 Å². The number of ether oxygens (including phenoxy) is 5. The van der Waals surface area contributed by atoms with Gasteiger partial charge in [0.1, 0.15) is 5.71 Å². The molecule has 2 aliphatic heterocycles. The van der Waals surface area contributed by atoms with E-state index in [-0.39, 0.29) is 18.6 Å². The summed E-state index contributed by atoms with van der Waals surface area (Å²) in [6, 6.07) is 28.9. The van der Waals surface area contributed by atoms with Crippen molar-refractivity contribution in [2.24, 2.45) is 10.2 Å². The Morgan fingerprint density at radius 1 is 0.741 bits per heavy atom. The molecule has 1 N–H and O–H groups in total. The Bertz CT molecular complexity index is 1850. The van der Waals surface area contributed by atoms with Crippen LogP contribution in [0.2, 0.25) is 5.02 Å². The summed E-state index contributed by atoms with van der Waals surface area (Å²) in [5.41, 5.74) is 7.29. The zero-order chi connectivity index (χ0) is 38.5. The number of halogens is 1. The lowest BCUT2D eigenvalue weighted by Crippen LogP contribution is -2.48. The number of rotatable bonds is 14. The molecule has 2 aliphatic rings. The highest BCUT2D eigenvalue weighted by atomic mass is 35.5. The first-order valence-electron chi connectivity index (χ1n) is 18.4. The van der Waals surface area contributed by atoms with E-state index in [1.165, 1.54) is 11.1 Å². The second-order valence-corrected chi connectivity index (χ2v) is 13.5. The quantitative estimate of drug-likeness (QED) is 0.132. The van der Waals surface area contributed by atoms with Gasteiger partial charge in [-0.3, -0.25) is 9.80 Å². The summed E-state index contributed by atoms with van der Waals surface area (Å²) in [7, 11) is 6.51. The first kappa shape index (κ1) is 40.7. The summed E-state index contributed by atoms with van der Waals surface area (Å²) in [6.07, 6.45) is 0.909. The maximum atomic E-state index is 8.78. The Labute approximate surface area is 324 Å². The van der Waals surface area contributed by atoms with E-state index in [0.717, 1.165) is 72.3 Å². The molecule has 0 amide bonds. The third-order valence-corrected chi connectivity index (χ3v) is 10.2. The van der Waals surface area contributed by atoms with Crippen LogP contribution in [0.1, 0.15) is 60.0 Å². The molecule has 0 saturated carbocycles. The summed E-state index contributed by atoms with van der Waals surface area (Å²) in [5, 5.41) is 18.6. The molecule has 2 atom stereocenters. The van der Waals surface area contributed by atoms with E-state index < -0.39 is 0 Å². The van der Waals surface area contributed by atoms with Gasteiger partial charge in [0.25, 0.3) is 0 Å². The van der Waals surface area contributed by atoms with Gasteiger partial charge in [0.2, 0.25) is 0 Å². The van der Waals surface area contributed by atoms with Gasteiger partial charge in [0.05, 0.1) is 54.3 Å². The molecule has 0 spiro atoms. The van der Waals surface area contributed by atoms with Crippen molar-refractivity contribution < 1.29 is 28.8 Å². The molecule has 11 heteroatoms. The van der Waals surface area contributed by atoms with Crippen LogP contribution in [0.15, 0.2) is 95.1 Å². The second kappa shape index (κ2) is 20.3. The average Bonchev–Trinajstić information content (AvgIpc) is 3.35. The molecule has 0 bridgehead atoms. The molecule has 4 aromatic carbocycles. The highest BCUT2D eigenvalue weighted by Gasteiger charge is 2.28. The minimum Gasteiger partial charge on any atom is -0.493 e. The summed E-state index contributed by atoms with van der Waals surface area (Å²) < 4.78 is 27.3. The van der Waals surface area contributed by atoms with Crippen molar-refractivity contribution in [3.8, 4) is 23.0 Å². The fraction of sp³-hybridized carbons (Fsp3) is 0.395. The van der Waals surface area contributed by atoms with Crippen LogP contribution < -0.4 is 18.9 Å². The standard InChI is InChI=1S/C22H26N2O4.C21H27ClN2O2/c1-7-15-13(2)23-24-22(14-8-9-18(25-3)19(10-14)26-4)17-12-21(28-6)20(27-5)11-16(15)17;22-20-8-6-19(7-9-20)21(18-4-2-1-3-5-18)24-12-10-23(11-13-24)14-16-26-17-15-25/h8-12,15H,7H2,1-6H3;1-9,21,25H,10-17H2. The van der Waals surface area contributed by atoms with Crippen molar-refractivity contribution in [2.45, 2.75) is 32.2 Å². The van der Waals surface area contributed by atoms with Gasteiger partial charge in [-0.1, -0.05) is 61.0 Å². The normalized spacial score (nSPS) is 16.5. The van der Waals surface area contributed by atoms with Gasteiger partial charge in [-0.15, -0.1) is 5.10 Å². The summed E-state index contributed by atoms with van der Waals surface area (Å²) in [4.78, 5) is 4.97. The van der Waals surface area contributed by atoms with Gasteiger partial charge >= 0.3 is 0 Å². The monoisotopic (exact) mass is 756 g/mol. The fourth-order valence-corrected chi connectivity index (χ4v) is 7.20. The molecule has 2 heterocycles.